The van der Waals surface area contributed by atoms with E-state index >= 15 is 0 Å². The van der Waals surface area contributed by atoms with Crippen LogP contribution in [0.3, 0.4) is 0 Å². The molecular weight excluding hydrogens is 364 g/mol. The van der Waals surface area contributed by atoms with E-state index < -0.39 is 0 Å². The van der Waals surface area contributed by atoms with E-state index in [1.54, 1.807) is 0 Å². The average molecular weight is 395 g/mol. The molecule has 0 N–H and O–H groups in total. The van der Waals surface area contributed by atoms with Gasteiger partial charge in [0.15, 0.2) is 0 Å². The summed E-state index contributed by atoms with van der Waals surface area (Å²) in [4.78, 5) is 24.5. The molecule has 1 aliphatic heterocycles. The SMILES string of the molecule is CC12CCC(=O)OC1=CCC1C2CCC2(C)C(OC(=O)c3ccccc3)CCC12. The summed E-state index contributed by atoms with van der Waals surface area (Å²) < 4.78 is 11.7. The van der Waals surface area contributed by atoms with Gasteiger partial charge in [-0.2, -0.15) is 0 Å². The van der Waals surface area contributed by atoms with Gasteiger partial charge in [0.1, 0.15) is 11.9 Å². The Hall–Kier alpha value is -2.10. The van der Waals surface area contributed by atoms with Crippen molar-refractivity contribution >= 4 is 11.9 Å². The number of ether oxygens (including phenoxy) is 2. The summed E-state index contributed by atoms with van der Waals surface area (Å²) in [6.07, 6.45) is 8.82. The Morgan fingerprint density at radius 3 is 2.66 bits per heavy atom. The number of rotatable bonds is 2. The first-order valence-corrected chi connectivity index (χ1v) is 11.1. The number of allylic oxidation sites excluding steroid dienone is 2. The van der Waals surface area contributed by atoms with Gasteiger partial charge in [-0.3, -0.25) is 4.79 Å². The van der Waals surface area contributed by atoms with Crippen molar-refractivity contribution in [1.82, 2.24) is 0 Å². The maximum Gasteiger partial charge on any atom is 0.338 e. The molecule has 0 radical (unpaired) electrons. The smallest absolute Gasteiger partial charge is 0.338 e. The largest absolute Gasteiger partial charge is 0.458 e. The Morgan fingerprint density at radius 1 is 1.07 bits per heavy atom. The van der Waals surface area contributed by atoms with Crippen LogP contribution >= 0.6 is 0 Å². The maximum absolute atomic E-state index is 12.7. The summed E-state index contributed by atoms with van der Waals surface area (Å²) in [5, 5.41) is 0. The molecule has 3 fully saturated rings. The molecule has 0 aromatic heterocycles. The van der Waals surface area contributed by atoms with E-state index in [0.29, 0.717) is 29.7 Å². The van der Waals surface area contributed by atoms with Crippen LogP contribution in [0.4, 0.5) is 0 Å². The molecule has 3 aliphatic carbocycles. The Kier molecular flexibility index (Phi) is 4.38. The van der Waals surface area contributed by atoms with E-state index in [0.717, 1.165) is 44.3 Å². The fourth-order valence-electron chi connectivity index (χ4n) is 6.99. The summed E-state index contributed by atoms with van der Waals surface area (Å²) in [6, 6.07) is 9.33. The normalized spacial score (nSPS) is 40.8. The van der Waals surface area contributed by atoms with E-state index in [1.165, 1.54) is 0 Å². The molecule has 154 valence electrons. The van der Waals surface area contributed by atoms with Crippen molar-refractivity contribution in [2.45, 2.75) is 64.9 Å². The predicted molar refractivity (Wildman–Crippen MR) is 109 cm³/mol. The number of hydrogen-bond donors (Lipinski definition) is 0. The monoisotopic (exact) mass is 394 g/mol. The minimum absolute atomic E-state index is 0.0106. The van der Waals surface area contributed by atoms with Gasteiger partial charge in [-0.1, -0.05) is 32.0 Å². The van der Waals surface area contributed by atoms with Crippen LogP contribution in [-0.2, 0) is 14.3 Å². The molecule has 4 aliphatic rings. The lowest BCUT2D eigenvalue weighted by atomic mass is 9.50. The lowest BCUT2D eigenvalue weighted by molar-refractivity contribution is -0.152. The number of carbonyl (C=O) groups is 2. The highest BCUT2D eigenvalue weighted by Crippen LogP contribution is 2.64. The third-order valence-electron chi connectivity index (χ3n) is 8.64. The second-order valence-electron chi connectivity index (χ2n) is 9.95. The van der Waals surface area contributed by atoms with Crippen molar-refractivity contribution in [2.24, 2.45) is 28.6 Å². The molecule has 6 atom stereocenters. The van der Waals surface area contributed by atoms with E-state index in [2.05, 4.69) is 19.9 Å². The van der Waals surface area contributed by atoms with Gasteiger partial charge < -0.3 is 9.47 Å². The number of hydrogen-bond acceptors (Lipinski definition) is 4. The van der Waals surface area contributed by atoms with Crippen LogP contribution < -0.4 is 0 Å². The molecule has 0 spiro atoms. The molecule has 6 unspecified atom stereocenters. The molecule has 1 aromatic carbocycles. The molecule has 2 saturated carbocycles. The molecule has 4 heteroatoms. The minimum Gasteiger partial charge on any atom is -0.458 e. The first kappa shape index (κ1) is 18.9. The van der Waals surface area contributed by atoms with Crippen molar-refractivity contribution in [2.75, 3.05) is 0 Å². The predicted octanol–water partition coefficient (Wildman–Crippen LogP) is 5.29. The zero-order valence-corrected chi connectivity index (χ0v) is 17.4. The number of esters is 2. The molecule has 29 heavy (non-hydrogen) atoms. The van der Waals surface area contributed by atoms with Crippen LogP contribution in [0, 0.1) is 28.6 Å². The third kappa shape index (κ3) is 2.86. The molecule has 1 aromatic rings. The Bertz CT molecular complexity index is 859. The summed E-state index contributed by atoms with van der Waals surface area (Å²) in [6.45, 7) is 4.64. The highest BCUT2D eigenvalue weighted by Gasteiger charge is 2.60. The van der Waals surface area contributed by atoms with E-state index in [-0.39, 0.29) is 28.9 Å². The fraction of sp³-hybridized carbons (Fsp3) is 0.600. The van der Waals surface area contributed by atoms with Crippen molar-refractivity contribution in [1.29, 1.82) is 0 Å². The summed E-state index contributed by atoms with van der Waals surface area (Å²) in [5.74, 6) is 2.33. The first-order valence-electron chi connectivity index (χ1n) is 11.1. The van der Waals surface area contributed by atoms with Crippen LogP contribution in [0.5, 0.6) is 0 Å². The summed E-state index contributed by atoms with van der Waals surface area (Å²) >= 11 is 0. The highest BCUT2D eigenvalue weighted by molar-refractivity contribution is 5.89. The molecular formula is C25H30O4. The quantitative estimate of drug-likeness (QED) is 0.640. The van der Waals surface area contributed by atoms with Crippen LogP contribution in [-0.4, -0.2) is 18.0 Å². The van der Waals surface area contributed by atoms with E-state index in [9.17, 15) is 9.59 Å². The molecule has 4 nitrogen and oxygen atoms in total. The van der Waals surface area contributed by atoms with Gasteiger partial charge in [0, 0.05) is 17.3 Å². The van der Waals surface area contributed by atoms with Gasteiger partial charge in [-0.05, 0) is 74.5 Å². The standard InChI is InChI=1S/C25H30O4/c1-24-14-12-19-17(8-10-20-25(19,2)15-13-22(26)28-20)18(24)9-11-21(24)29-23(27)16-6-4-3-5-7-16/h3-7,10,17-19,21H,8-9,11-15H2,1-2H3. The van der Waals surface area contributed by atoms with E-state index in [4.69, 9.17) is 9.47 Å². The number of fused-ring (bicyclic) bond motifs is 5. The van der Waals surface area contributed by atoms with E-state index in [1.807, 2.05) is 30.3 Å². The van der Waals surface area contributed by atoms with Crippen LogP contribution in [0.25, 0.3) is 0 Å². The van der Waals surface area contributed by atoms with Gasteiger partial charge >= 0.3 is 11.9 Å². The van der Waals surface area contributed by atoms with Crippen LogP contribution in [0.2, 0.25) is 0 Å². The molecule has 0 bridgehead atoms. The van der Waals surface area contributed by atoms with Gasteiger partial charge in [-0.15, -0.1) is 0 Å². The highest BCUT2D eigenvalue weighted by atomic mass is 16.5. The van der Waals surface area contributed by atoms with Crippen molar-refractivity contribution in [3.05, 3.63) is 47.7 Å². The topological polar surface area (TPSA) is 52.6 Å². The Labute approximate surface area is 172 Å². The first-order chi connectivity index (χ1) is 13.9. The fourth-order valence-corrected chi connectivity index (χ4v) is 6.99. The van der Waals surface area contributed by atoms with Gasteiger partial charge in [0.25, 0.3) is 0 Å². The Morgan fingerprint density at radius 2 is 1.86 bits per heavy atom. The van der Waals surface area contributed by atoms with Crippen LogP contribution in [0.15, 0.2) is 42.2 Å². The minimum atomic E-state index is -0.198. The van der Waals surface area contributed by atoms with Gasteiger partial charge in [0.05, 0.1) is 5.56 Å². The van der Waals surface area contributed by atoms with Crippen molar-refractivity contribution < 1.29 is 19.1 Å². The zero-order chi connectivity index (χ0) is 20.2. The third-order valence-corrected chi connectivity index (χ3v) is 8.64. The summed E-state index contributed by atoms with van der Waals surface area (Å²) in [5.41, 5.74) is 0.658. The Balaban J connectivity index is 1.37. The van der Waals surface area contributed by atoms with Crippen molar-refractivity contribution in [3.8, 4) is 0 Å². The molecule has 1 saturated heterocycles. The second-order valence-corrected chi connectivity index (χ2v) is 9.95. The van der Waals surface area contributed by atoms with Gasteiger partial charge in [-0.25, -0.2) is 4.79 Å². The van der Waals surface area contributed by atoms with Crippen LogP contribution in [0.1, 0.15) is 69.2 Å². The number of benzene rings is 1. The zero-order valence-electron chi connectivity index (χ0n) is 17.4. The maximum atomic E-state index is 12.7. The average Bonchev–Trinajstić information content (AvgIpc) is 3.05. The molecule has 1 heterocycles. The van der Waals surface area contributed by atoms with Gasteiger partial charge in [0.2, 0.25) is 0 Å². The lowest BCUT2D eigenvalue weighted by Gasteiger charge is -2.56. The summed E-state index contributed by atoms with van der Waals surface area (Å²) in [7, 11) is 0. The number of carbonyl (C=O) groups excluding carboxylic acids is 2. The van der Waals surface area contributed by atoms with Crippen molar-refractivity contribution in [3.63, 3.8) is 0 Å². The molecule has 0 amide bonds. The lowest BCUT2D eigenvalue weighted by Crippen LogP contribution is -2.51. The second kappa shape index (κ2) is 6.72. The molecule has 5 rings (SSSR count).